The minimum Gasteiger partial charge on any atom is -0.381 e. The number of rotatable bonds is 4. The zero-order valence-electron chi connectivity index (χ0n) is 12.4. The lowest BCUT2D eigenvalue weighted by atomic mass is 9.85. The molecular weight excluding hydrogens is 374 g/mol. The van der Waals surface area contributed by atoms with E-state index >= 15 is 0 Å². The van der Waals surface area contributed by atoms with Crippen LogP contribution in [0.5, 0.6) is 0 Å². The van der Waals surface area contributed by atoms with Gasteiger partial charge in [0, 0.05) is 0 Å². The summed E-state index contributed by atoms with van der Waals surface area (Å²) in [5.41, 5.74) is 2.38. The maximum atomic E-state index is 6.11. The number of halogens is 4. The zero-order valence-corrected chi connectivity index (χ0v) is 15.4. The Hall–Kier alpha value is -0.440. The van der Waals surface area contributed by atoms with Crippen LogP contribution in [-0.4, -0.2) is 13.2 Å². The molecule has 0 aliphatic carbocycles. The van der Waals surface area contributed by atoms with E-state index in [0.29, 0.717) is 31.9 Å². The van der Waals surface area contributed by atoms with Crippen LogP contribution in [0.15, 0.2) is 36.4 Å². The minimum atomic E-state index is 0.460. The molecule has 0 amide bonds. The molecule has 2 atom stereocenters. The molecular formula is C18H16Cl4O. The van der Waals surface area contributed by atoms with Crippen molar-refractivity contribution < 1.29 is 4.74 Å². The van der Waals surface area contributed by atoms with Gasteiger partial charge in [-0.05, 0) is 60.1 Å². The predicted octanol–water partition coefficient (Wildman–Crippen LogP) is 6.35. The van der Waals surface area contributed by atoms with Crippen molar-refractivity contribution in [2.24, 2.45) is 11.8 Å². The first-order valence-corrected chi connectivity index (χ1v) is 8.99. The fourth-order valence-electron chi connectivity index (χ4n) is 3.03. The average Bonchev–Trinajstić information content (AvgIpc) is 2.94. The van der Waals surface area contributed by atoms with E-state index in [0.717, 1.165) is 26.1 Å². The summed E-state index contributed by atoms with van der Waals surface area (Å²) in [5.74, 6) is 0.920. The lowest BCUT2D eigenvalue weighted by molar-refractivity contribution is 0.180. The van der Waals surface area contributed by atoms with Crippen LogP contribution in [-0.2, 0) is 17.6 Å². The first-order chi connectivity index (χ1) is 11.0. The molecule has 0 radical (unpaired) electrons. The SMILES string of the molecule is Clc1ccc(C[C@H]2COC[C@@H]2Cc2ccc(Cl)c(Cl)c2)cc1Cl. The predicted molar refractivity (Wildman–Crippen MR) is 98.1 cm³/mol. The third-order valence-electron chi connectivity index (χ3n) is 4.29. The molecule has 0 saturated carbocycles. The second kappa shape index (κ2) is 7.63. The minimum absolute atomic E-state index is 0.460. The molecule has 0 N–H and O–H groups in total. The van der Waals surface area contributed by atoms with Gasteiger partial charge in [-0.2, -0.15) is 0 Å². The highest BCUT2D eigenvalue weighted by Gasteiger charge is 2.28. The summed E-state index contributed by atoms with van der Waals surface area (Å²) in [6, 6.07) is 11.6. The zero-order chi connectivity index (χ0) is 16.4. The number of ether oxygens (including phenoxy) is 1. The van der Waals surface area contributed by atoms with Crippen LogP contribution in [0.2, 0.25) is 20.1 Å². The fourth-order valence-corrected chi connectivity index (χ4v) is 3.67. The van der Waals surface area contributed by atoms with Crippen molar-refractivity contribution in [1.29, 1.82) is 0 Å². The quantitative estimate of drug-likeness (QED) is 0.591. The van der Waals surface area contributed by atoms with E-state index < -0.39 is 0 Å². The molecule has 1 aliphatic heterocycles. The maximum Gasteiger partial charge on any atom is 0.0595 e. The molecule has 2 aromatic rings. The molecule has 0 spiro atoms. The third-order valence-corrected chi connectivity index (χ3v) is 5.77. The Morgan fingerprint density at radius 2 is 1.13 bits per heavy atom. The van der Waals surface area contributed by atoms with Gasteiger partial charge < -0.3 is 4.74 Å². The Morgan fingerprint density at radius 3 is 1.52 bits per heavy atom. The second-order valence-electron chi connectivity index (χ2n) is 5.96. The second-order valence-corrected chi connectivity index (χ2v) is 7.59. The van der Waals surface area contributed by atoms with Gasteiger partial charge in [0.25, 0.3) is 0 Å². The molecule has 1 aliphatic rings. The Labute approximate surface area is 156 Å². The molecule has 0 unspecified atom stereocenters. The first kappa shape index (κ1) is 17.4. The Bertz CT molecular complexity index is 642. The Kier molecular flexibility index (Phi) is 5.77. The summed E-state index contributed by atoms with van der Waals surface area (Å²) in [7, 11) is 0. The molecule has 1 heterocycles. The van der Waals surface area contributed by atoms with E-state index in [4.69, 9.17) is 51.1 Å². The largest absolute Gasteiger partial charge is 0.381 e. The van der Waals surface area contributed by atoms with Gasteiger partial charge in [0.1, 0.15) is 0 Å². The average molecular weight is 390 g/mol. The van der Waals surface area contributed by atoms with Gasteiger partial charge in [0.05, 0.1) is 33.3 Å². The number of hydrogen-bond acceptors (Lipinski definition) is 1. The van der Waals surface area contributed by atoms with E-state index in [1.807, 2.05) is 36.4 Å². The van der Waals surface area contributed by atoms with Crippen molar-refractivity contribution in [2.45, 2.75) is 12.8 Å². The molecule has 0 aromatic heterocycles. The number of benzene rings is 2. The number of hydrogen-bond donors (Lipinski definition) is 0. The summed E-state index contributed by atoms with van der Waals surface area (Å²) in [6.07, 6.45) is 1.87. The van der Waals surface area contributed by atoms with E-state index in [-0.39, 0.29) is 0 Å². The first-order valence-electron chi connectivity index (χ1n) is 7.48. The van der Waals surface area contributed by atoms with E-state index in [2.05, 4.69) is 0 Å². The van der Waals surface area contributed by atoms with Crippen LogP contribution in [0, 0.1) is 11.8 Å². The summed E-state index contributed by atoms with van der Waals surface area (Å²) in [6.45, 7) is 1.54. The van der Waals surface area contributed by atoms with Crippen LogP contribution in [0.4, 0.5) is 0 Å². The van der Waals surface area contributed by atoms with Crippen LogP contribution >= 0.6 is 46.4 Å². The molecule has 1 nitrogen and oxygen atoms in total. The fraction of sp³-hybridized carbons (Fsp3) is 0.333. The molecule has 23 heavy (non-hydrogen) atoms. The molecule has 3 rings (SSSR count). The summed E-state index contributed by atoms with van der Waals surface area (Å²) in [5, 5.41) is 2.38. The van der Waals surface area contributed by atoms with Crippen molar-refractivity contribution >= 4 is 46.4 Å². The highest BCUT2D eigenvalue weighted by molar-refractivity contribution is 6.42. The van der Waals surface area contributed by atoms with Gasteiger partial charge in [-0.25, -0.2) is 0 Å². The summed E-state index contributed by atoms with van der Waals surface area (Å²) < 4.78 is 5.70. The molecule has 1 saturated heterocycles. The highest BCUT2D eigenvalue weighted by atomic mass is 35.5. The van der Waals surface area contributed by atoms with Crippen molar-refractivity contribution in [1.82, 2.24) is 0 Å². The van der Waals surface area contributed by atoms with E-state index in [1.165, 1.54) is 11.1 Å². The van der Waals surface area contributed by atoms with Crippen LogP contribution in [0.3, 0.4) is 0 Å². The van der Waals surface area contributed by atoms with Gasteiger partial charge in [0.2, 0.25) is 0 Å². The van der Waals surface area contributed by atoms with Gasteiger partial charge in [-0.15, -0.1) is 0 Å². The normalized spacial score (nSPS) is 20.9. The Morgan fingerprint density at radius 1 is 0.696 bits per heavy atom. The maximum absolute atomic E-state index is 6.11. The molecule has 2 aromatic carbocycles. The van der Waals surface area contributed by atoms with Crippen LogP contribution in [0.1, 0.15) is 11.1 Å². The topological polar surface area (TPSA) is 9.23 Å². The van der Waals surface area contributed by atoms with Gasteiger partial charge in [-0.1, -0.05) is 58.5 Å². The van der Waals surface area contributed by atoms with Crippen molar-refractivity contribution in [3.63, 3.8) is 0 Å². The monoisotopic (exact) mass is 388 g/mol. The van der Waals surface area contributed by atoms with Crippen molar-refractivity contribution in [3.8, 4) is 0 Å². The molecule has 1 fully saturated rings. The smallest absolute Gasteiger partial charge is 0.0595 e. The summed E-state index contributed by atoms with van der Waals surface area (Å²) >= 11 is 24.2. The van der Waals surface area contributed by atoms with Gasteiger partial charge in [0.15, 0.2) is 0 Å². The lowest BCUT2D eigenvalue weighted by Gasteiger charge is -2.18. The van der Waals surface area contributed by atoms with Crippen LogP contribution < -0.4 is 0 Å². The van der Waals surface area contributed by atoms with E-state index in [1.54, 1.807) is 0 Å². The molecule has 0 bridgehead atoms. The third kappa shape index (κ3) is 4.35. The molecule has 5 heteroatoms. The summed E-state index contributed by atoms with van der Waals surface area (Å²) in [4.78, 5) is 0. The lowest BCUT2D eigenvalue weighted by Crippen LogP contribution is -2.17. The van der Waals surface area contributed by atoms with Crippen molar-refractivity contribution in [3.05, 3.63) is 67.6 Å². The van der Waals surface area contributed by atoms with Crippen molar-refractivity contribution in [2.75, 3.05) is 13.2 Å². The standard InChI is InChI=1S/C18H16Cl4O/c19-15-3-1-11(7-17(15)21)5-13-9-23-10-14(13)6-12-2-4-16(20)18(22)8-12/h1-4,7-8,13-14H,5-6,9-10H2/t13-,14-/m0/s1. The van der Waals surface area contributed by atoms with Gasteiger partial charge >= 0.3 is 0 Å². The van der Waals surface area contributed by atoms with E-state index in [9.17, 15) is 0 Å². The molecule has 122 valence electrons. The van der Waals surface area contributed by atoms with Crippen LogP contribution in [0.25, 0.3) is 0 Å². The highest BCUT2D eigenvalue weighted by Crippen LogP contribution is 2.31. The van der Waals surface area contributed by atoms with Gasteiger partial charge in [-0.3, -0.25) is 0 Å². The Balaban J connectivity index is 1.69.